The van der Waals surface area contributed by atoms with E-state index >= 15 is 0 Å². The highest BCUT2D eigenvalue weighted by Crippen LogP contribution is 2.26. The number of thioether (sulfide) groups is 1. The van der Waals surface area contributed by atoms with E-state index in [4.69, 9.17) is 4.52 Å². The zero-order chi connectivity index (χ0) is 16.8. The van der Waals surface area contributed by atoms with E-state index in [9.17, 15) is 9.90 Å². The smallest absolute Gasteiger partial charge is 0.252 e. The Morgan fingerprint density at radius 3 is 2.78 bits per heavy atom. The quantitative estimate of drug-likeness (QED) is 0.761. The molecular weight excluding hydrogens is 312 g/mol. The summed E-state index contributed by atoms with van der Waals surface area (Å²) < 4.78 is 5.20. The topological polar surface area (TPSA) is 75.4 Å². The number of aliphatic hydroxyl groups is 1. The van der Waals surface area contributed by atoms with Crippen LogP contribution in [0.3, 0.4) is 0 Å². The molecule has 23 heavy (non-hydrogen) atoms. The fourth-order valence-corrected chi connectivity index (χ4v) is 2.92. The Morgan fingerprint density at radius 1 is 1.39 bits per heavy atom. The van der Waals surface area contributed by atoms with Crippen molar-refractivity contribution in [1.82, 2.24) is 10.5 Å². The van der Waals surface area contributed by atoms with E-state index in [0.717, 1.165) is 16.3 Å². The monoisotopic (exact) mass is 334 g/mol. The number of hydrogen-bond donors (Lipinski definition) is 2. The molecule has 2 unspecified atom stereocenters. The molecule has 2 rings (SSSR count). The predicted molar refractivity (Wildman–Crippen MR) is 90.4 cm³/mol. The van der Waals surface area contributed by atoms with E-state index in [1.54, 1.807) is 6.07 Å². The maximum atomic E-state index is 12.5. The number of aryl methyl sites for hydroxylation is 1. The Morgan fingerprint density at radius 2 is 2.13 bits per heavy atom. The van der Waals surface area contributed by atoms with Crippen LogP contribution in [0.4, 0.5) is 0 Å². The Bertz CT molecular complexity index is 657. The average molecular weight is 334 g/mol. The summed E-state index contributed by atoms with van der Waals surface area (Å²) in [6.45, 7) is 5.72. The number of hydrogen-bond acceptors (Lipinski definition) is 5. The van der Waals surface area contributed by atoms with Gasteiger partial charge >= 0.3 is 0 Å². The van der Waals surface area contributed by atoms with Gasteiger partial charge in [-0.3, -0.25) is 4.79 Å². The largest absolute Gasteiger partial charge is 0.396 e. The predicted octanol–water partition coefficient (Wildman–Crippen LogP) is 3.02. The van der Waals surface area contributed by atoms with Crippen LogP contribution < -0.4 is 5.32 Å². The van der Waals surface area contributed by atoms with Crippen molar-refractivity contribution in [3.8, 4) is 0 Å². The van der Waals surface area contributed by atoms with Crippen LogP contribution in [-0.2, 0) is 5.75 Å². The Labute approximate surface area is 140 Å². The molecule has 2 N–H and O–H groups in total. The number of nitrogens with zero attached hydrogens (tertiary/aromatic N) is 1. The molecule has 0 saturated heterocycles. The maximum absolute atomic E-state index is 12.5. The second kappa shape index (κ2) is 8.17. The second-order valence-corrected chi connectivity index (χ2v) is 6.66. The zero-order valence-corrected chi connectivity index (χ0v) is 14.4. The van der Waals surface area contributed by atoms with Crippen LogP contribution in [-0.4, -0.2) is 28.8 Å². The van der Waals surface area contributed by atoms with E-state index in [2.05, 4.69) is 10.5 Å². The summed E-state index contributed by atoms with van der Waals surface area (Å²) in [6.07, 6.45) is 0. The van der Waals surface area contributed by atoms with Crippen LogP contribution in [0.1, 0.15) is 35.7 Å². The highest BCUT2D eigenvalue weighted by molar-refractivity contribution is 7.98. The minimum Gasteiger partial charge on any atom is -0.396 e. The highest BCUT2D eigenvalue weighted by Gasteiger charge is 2.17. The SMILES string of the molecule is Cc1cc(CSc2ccccc2C(=O)NC(C)C(C)CO)on1. The summed E-state index contributed by atoms with van der Waals surface area (Å²) in [5.41, 5.74) is 1.48. The van der Waals surface area contributed by atoms with E-state index < -0.39 is 0 Å². The van der Waals surface area contributed by atoms with Crippen molar-refractivity contribution in [2.75, 3.05) is 6.61 Å². The molecule has 0 aliphatic rings. The van der Waals surface area contributed by atoms with Crippen LogP contribution in [0.25, 0.3) is 0 Å². The van der Waals surface area contributed by atoms with Gasteiger partial charge in [0.1, 0.15) is 5.76 Å². The number of rotatable bonds is 7. The number of benzene rings is 1. The molecule has 0 aliphatic carbocycles. The Hall–Kier alpha value is -1.79. The van der Waals surface area contributed by atoms with Gasteiger partial charge in [0.05, 0.1) is 17.0 Å². The van der Waals surface area contributed by atoms with Crippen molar-refractivity contribution in [3.05, 3.63) is 47.3 Å². The van der Waals surface area contributed by atoms with Crippen molar-refractivity contribution < 1.29 is 14.4 Å². The molecule has 5 nitrogen and oxygen atoms in total. The lowest BCUT2D eigenvalue weighted by Gasteiger charge is -2.20. The molecule has 0 fully saturated rings. The van der Waals surface area contributed by atoms with Gasteiger partial charge in [0.2, 0.25) is 0 Å². The maximum Gasteiger partial charge on any atom is 0.252 e. The number of aromatic nitrogens is 1. The van der Waals surface area contributed by atoms with Crippen LogP contribution >= 0.6 is 11.8 Å². The van der Waals surface area contributed by atoms with E-state index in [1.165, 1.54) is 11.8 Å². The van der Waals surface area contributed by atoms with E-state index in [0.29, 0.717) is 11.3 Å². The third-order valence-corrected chi connectivity index (χ3v) is 4.77. The molecule has 1 amide bonds. The molecule has 0 aliphatic heterocycles. The lowest BCUT2D eigenvalue weighted by Crippen LogP contribution is -2.38. The minimum atomic E-state index is -0.130. The van der Waals surface area contributed by atoms with Gasteiger partial charge < -0.3 is 14.9 Å². The van der Waals surface area contributed by atoms with Crippen molar-refractivity contribution in [2.45, 2.75) is 37.5 Å². The van der Waals surface area contributed by atoms with Gasteiger partial charge in [-0.1, -0.05) is 24.2 Å². The summed E-state index contributed by atoms with van der Waals surface area (Å²) in [6, 6.07) is 9.27. The lowest BCUT2D eigenvalue weighted by atomic mass is 10.0. The molecule has 0 radical (unpaired) electrons. The minimum absolute atomic E-state index is 0.0101. The first-order valence-corrected chi connectivity index (χ1v) is 8.55. The first kappa shape index (κ1) is 17.6. The van der Waals surface area contributed by atoms with Crippen molar-refractivity contribution in [3.63, 3.8) is 0 Å². The van der Waals surface area contributed by atoms with Crippen LogP contribution in [0.2, 0.25) is 0 Å². The Kier molecular flexibility index (Phi) is 6.24. The first-order valence-electron chi connectivity index (χ1n) is 7.57. The molecule has 2 aromatic rings. The van der Waals surface area contributed by atoms with Gasteiger partial charge in [-0.15, -0.1) is 11.8 Å². The van der Waals surface area contributed by atoms with Crippen LogP contribution in [0, 0.1) is 12.8 Å². The summed E-state index contributed by atoms with van der Waals surface area (Å²) in [7, 11) is 0. The van der Waals surface area contributed by atoms with Crippen LogP contribution in [0.15, 0.2) is 39.8 Å². The van der Waals surface area contributed by atoms with Gasteiger partial charge in [-0.25, -0.2) is 0 Å². The number of carbonyl (C=O) groups excluding carboxylic acids is 1. The summed E-state index contributed by atoms with van der Waals surface area (Å²) in [5, 5.41) is 16.0. The normalized spacial score (nSPS) is 13.6. The molecule has 1 aromatic heterocycles. The molecule has 0 saturated carbocycles. The van der Waals surface area contributed by atoms with E-state index in [1.807, 2.05) is 45.0 Å². The number of amides is 1. The van der Waals surface area contributed by atoms with Crippen molar-refractivity contribution in [2.24, 2.45) is 5.92 Å². The Balaban J connectivity index is 2.05. The molecule has 0 spiro atoms. The standard InChI is InChI=1S/C17H22N2O3S/c1-11(9-20)13(3)18-17(21)15-6-4-5-7-16(15)23-10-14-8-12(2)19-22-14/h4-8,11,13,20H,9-10H2,1-3H3,(H,18,21). The molecule has 1 heterocycles. The molecular formula is C17H22N2O3S. The molecule has 0 bridgehead atoms. The zero-order valence-electron chi connectivity index (χ0n) is 13.6. The third kappa shape index (κ3) is 4.84. The third-order valence-electron chi connectivity index (χ3n) is 3.68. The second-order valence-electron chi connectivity index (χ2n) is 5.64. The lowest BCUT2D eigenvalue weighted by molar-refractivity contribution is 0.0913. The fourth-order valence-electron chi connectivity index (χ4n) is 2.00. The first-order chi connectivity index (χ1) is 11.0. The van der Waals surface area contributed by atoms with Gasteiger partial charge in [0.15, 0.2) is 0 Å². The van der Waals surface area contributed by atoms with Crippen molar-refractivity contribution >= 4 is 17.7 Å². The molecule has 2 atom stereocenters. The van der Waals surface area contributed by atoms with E-state index in [-0.39, 0.29) is 24.5 Å². The van der Waals surface area contributed by atoms with Gasteiger partial charge in [-0.2, -0.15) is 0 Å². The van der Waals surface area contributed by atoms with Gasteiger partial charge in [-0.05, 0) is 31.9 Å². The summed E-state index contributed by atoms with van der Waals surface area (Å²) in [4.78, 5) is 13.4. The molecule has 1 aromatic carbocycles. The fraction of sp³-hybridized carbons (Fsp3) is 0.412. The number of nitrogens with one attached hydrogen (secondary N) is 1. The summed E-state index contributed by atoms with van der Waals surface area (Å²) in [5.74, 6) is 1.28. The number of aliphatic hydroxyl groups excluding tert-OH is 1. The van der Waals surface area contributed by atoms with Crippen molar-refractivity contribution in [1.29, 1.82) is 0 Å². The van der Waals surface area contributed by atoms with Gasteiger partial charge in [0.25, 0.3) is 5.91 Å². The average Bonchev–Trinajstić information content (AvgIpc) is 2.97. The number of carbonyl (C=O) groups is 1. The summed E-state index contributed by atoms with van der Waals surface area (Å²) >= 11 is 1.54. The van der Waals surface area contributed by atoms with Gasteiger partial charge in [0, 0.05) is 23.6 Å². The van der Waals surface area contributed by atoms with Crippen LogP contribution in [0.5, 0.6) is 0 Å². The highest BCUT2D eigenvalue weighted by atomic mass is 32.2. The molecule has 6 heteroatoms. The molecule has 124 valence electrons.